The summed E-state index contributed by atoms with van der Waals surface area (Å²) < 4.78 is 66.1. The van der Waals surface area contributed by atoms with Gasteiger partial charge in [0, 0.05) is 13.1 Å². The third-order valence-electron chi connectivity index (χ3n) is 2.25. The number of amides is 1. The molecule has 9 heteroatoms. The number of carbonyl (C=O) groups is 1. The van der Waals surface area contributed by atoms with Crippen LogP contribution in [-0.2, 0) is 9.53 Å². The Balaban J connectivity index is 2.76. The first-order valence-corrected chi connectivity index (χ1v) is 4.66. The Morgan fingerprint density at radius 1 is 1.35 bits per heavy atom. The lowest BCUT2D eigenvalue weighted by atomic mass is 10.2. The number of hydrogen-bond acceptors (Lipinski definition) is 3. The largest absolute Gasteiger partial charge is 0.463 e. The Morgan fingerprint density at radius 3 is 2.41 bits per heavy atom. The van der Waals surface area contributed by atoms with Crippen molar-refractivity contribution in [1.82, 2.24) is 4.90 Å². The van der Waals surface area contributed by atoms with E-state index in [4.69, 9.17) is 9.84 Å². The molecule has 0 bridgehead atoms. The molecule has 17 heavy (non-hydrogen) atoms. The molecule has 1 atom stereocenters. The number of hydrogen-bond donors (Lipinski definition) is 1. The molecule has 1 aliphatic heterocycles. The molecule has 1 N–H and O–H groups in total. The average Bonchev–Trinajstić information content (AvgIpc) is 2.26. The SMILES string of the molecule is O=C(N1CCOC(CO)C1)C(F)(F)C(F)(F)F. The minimum absolute atomic E-state index is 0.190. The molecule has 1 rings (SSSR count). The van der Waals surface area contributed by atoms with Crippen LogP contribution in [0.1, 0.15) is 0 Å². The van der Waals surface area contributed by atoms with Crippen molar-refractivity contribution in [3.63, 3.8) is 0 Å². The Kier molecular flexibility index (Phi) is 3.92. The van der Waals surface area contributed by atoms with E-state index in [-0.39, 0.29) is 13.2 Å². The molecule has 0 aliphatic carbocycles. The highest BCUT2D eigenvalue weighted by atomic mass is 19.4. The Labute approximate surface area is 92.9 Å². The number of halogens is 5. The van der Waals surface area contributed by atoms with Gasteiger partial charge < -0.3 is 14.7 Å². The highest BCUT2D eigenvalue weighted by molar-refractivity contribution is 5.84. The van der Waals surface area contributed by atoms with Crippen LogP contribution in [0.4, 0.5) is 22.0 Å². The second-order valence-electron chi connectivity index (χ2n) is 3.50. The van der Waals surface area contributed by atoms with Gasteiger partial charge in [-0.1, -0.05) is 0 Å². The van der Waals surface area contributed by atoms with Gasteiger partial charge in [0.2, 0.25) is 0 Å². The number of alkyl halides is 5. The van der Waals surface area contributed by atoms with E-state index in [1.165, 1.54) is 0 Å². The summed E-state index contributed by atoms with van der Waals surface area (Å²) in [6.45, 7) is -1.59. The molecule has 1 aliphatic rings. The van der Waals surface area contributed by atoms with Gasteiger partial charge in [-0.25, -0.2) is 0 Å². The standard InChI is InChI=1S/C8H10F5NO3/c9-7(10,8(11,12)13)6(16)14-1-2-17-5(3-14)4-15/h5,15H,1-4H2. The third-order valence-corrected chi connectivity index (χ3v) is 2.25. The zero-order valence-electron chi connectivity index (χ0n) is 8.51. The highest BCUT2D eigenvalue weighted by Crippen LogP contribution is 2.37. The predicted octanol–water partition coefficient (Wildman–Crippen LogP) is 0.404. The minimum Gasteiger partial charge on any atom is -0.394 e. The van der Waals surface area contributed by atoms with E-state index in [9.17, 15) is 26.7 Å². The molecule has 0 aromatic rings. The number of aliphatic hydroxyl groups is 1. The fourth-order valence-electron chi connectivity index (χ4n) is 1.33. The van der Waals surface area contributed by atoms with Gasteiger partial charge in [0.05, 0.1) is 19.3 Å². The molecule has 0 radical (unpaired) electrons. The normalized spacial score (nSPS) is 22.7. The molecule has 1 unspecified atom stereocenters. The zero-order chi connectivity index (χ0) is 13.3. The van der Waals surface area contributed by atoms with E-state index in [0.29, 0.717) is 4.90 Å². The highest BCUT2D eigenvalue weighted by Gasteiger charge is 2.64. The summed E-state index contributed by atoms with van der Waals surface area (Å²) in [6, 6.07) is 0. The molecule has 0 saturated carbocycles. The van der Waals surface area contributed by atoms with Crippen LogP contribution in [0.15, 0.2) is 0 Å². The maximum atomic E-state index is 12.7. The topological polar surface area (TPSA) is 49.8 Å². The summed E-state index contributed by atoms with van der Waals surface area (Å²) in [5, 5.41) is 8.68. The van der Waals surface area contributed by atoms with Crippen LogP contribution in [0.2, 0.25) is 0 Å². The molecule has 1 heterocycles. The molecule has 100 valence electrons. The molecule has 1 saturated heterocycles. The number of aliphatic hydroxyl groups excluding tert-OH is 1. The van der Waals surface area contributed by atoms with Crippen LogP contribution in [0.25, 0.3) is 0 Å². The summed E-state index contributed by atoms with van der Waals surface area (Å²) in [6.07, 6.45) is -6.85. The van der Waals surface area contributed by atoms with Gasteiger partial charge in [0.25, 0.3) is 0 Å². The first kappa shape index (κ1) is 14.1. The number of rotatable bonds is 2. The van der Waals surface area contributed by atoms with Gasteiger partial charge in [-0.05, 0) is 0 Å². The lowest BCUT2D eigenvalue weighted by Gasteiger charge is -2.34. The second-order valence-corrected chi connectivity index (χ2v) is 3.50. The monoisotopic (exact) mass is 263 g/mol. The van der Waals surface area contributed by atoms with E-state index in [1.54, 1.807) is 0 Å². The van der Waals surface area contributed by atoms with E-state index in [2.05, 4.69) is 0 Å². The fourth-order valence-corrected chi connectivity index (χ4v) is 1.33. The Bertz CT molecular complexity index is 293. The van der Waals surface area contributed by atoms with Crippen molar-refractivity contribution in [1.29, 1.82) is 0 Å². The molecule has 1 fully saturated rings. The van der Waals surface area contributed by atoms with E-state index >= 15 is 0 Å². The van der Waals surface area contributed by atoms with Crippen molar-refractivity contribution >= 4 is 5.91 Å². The van der Waals surface area contributed by atoms with E-state index in [0.717, 1.165) is 0 Å². The first-order valence-electron chi connectivity index (χ1n) is 4.66. The maximum Gasteiger partial charge on any atom is 0.463 e. The van der Waals surface area contributed by atoms with Crippen molar-refractivity contribution < 1.29 is 36.6 Å². The van der Waals surface area contributed by atoms with E-state index < -0.39 is 37.3 Å². The number of morpholine rings is 1. The number of ether oxygens (including phenoxy) is 1. The molecule has 0 aromatic heterocycles. The Hall–Kier alpha value is -0.960. The Morgan fingerprint density at radius 2 is 1.94 bits per heavy atom. The summed E-state index contributed by atoms with van der Waals surface area (Å²) >= 11 is 0. The van der Waals surface area contributed by atoms with Crippen LogP contribution >= 0.6 is 0 Å². The summed E-state index contributed by atoms with van der Waals surface area (Å²) in [4.78, 5) is 11.4. The lowest BCUT2D eigenvalue weighted by Crippen LogP contribution is -2.56. The third kappa shape index (κ3) is 2.83. The van der Waals surface area contributed by atoms with Crippen molar-refractivity contribution in [3.05, 3.63) is 0 Å². The first-order chi connectivity index (χ1) is 7.70. The van der Waals surface area contributed by atoms with Gasteiger partial charge in [0.1, 0.15) is 0 Å². The molecule has 0 aromatic carbocycles. The second kappa shape index (κ2) is 4.73. The average molecular weight is 263 g/mol. The quantitative estimate of drug-likeness (QED) is 0.734. The van der Waals surface area contributed by atoms with Crippen LogP contribution in [-0.4, -0.2) is 60.4 Å². The van der Waals surface area contributed by atoms with Crippen LogP contribution < -0.4 is 0 Å². The van der Waals surface area contributed by atoms with Crippen molar-refractivity contribution in [2.24, 2.45) is 0 Å². The number of carbonyl (C=O) groups excluding carboxylic acids is 1. The smallest absolute Gasteiger partial charge is 0.394 e. The van der Waals surface area contributed by atoms with Crippen molar-refractivity contribution in [2.75, 3.05) is 26.3 Å². The van der Waals surface area contributed by atoms with Gasteiger partial charge in [-0.3, -0.25) is 4.79 Å². The number of nitrogens with zero attached hydrogens (tertiary/aromatic N) is 1. The summed E-state index contributed by atoms with van der Waals surface area (Å²) in [5.74, 6) is -7.73. The molecule has 4 nitrogen and oxygen atoms in total. The molecular formula is C8H10F5NO3. The van der Waals surface area contributed by atoms with Gasteiger partial charge in [-0.15, -0.1) is 0 Å². The summed E-state index contributed by atoms with van der Waals surface area (Å²) in [7, 11) is 0. The fraction of sp³-hybridized carbons (Fsp3) is 0.875. The van der Waals surface area contributed by atoms with Gasteiger partial charge in [-0.2, -0.15) is 22.0 Å². The molecule has 0 spiro atoms. The predicted molar refractivity (Wildman–Crippen MR) is 44.4 cm³/mol. The lowest BCUT2D eigenvalue weighted by molar-refractivity contribution is -0.276. The zero-order valence-corrected chi connectivity index (χ0v) is 8.51. The minimum atomic E-state index is -5.92. The van der Waals surface area contributed by atoms with Gasteiger partial charge >= 0.3 is 18.0 Å². The summed E-state index contributed by atoms with van der Waals surface area (Å²) in [5.41, 5.74) is 0. The van der Waals surface area contributed by atoms with Crippen LogP contribution in [0.3, 0.4) is 0 Å². The van der Waals surface area contributed by atoms with Crippen molar-refractivity contribution in [2.45, 2.75) is 18.2 Å². The van der Waals surface area contributed by atoms with Crippen LogP contribution in [0.5, 0.6) is 0 Å². The maximum absolute atomic E-state index is 12.7. The van der Waals surface area contributed by atoms with Crippen LogP contribution in [0, 0.1) is 0 Å². The van der Waals surface area contributed by atoms with Crippen molar-refractivity contribution in [3.8, 4) is 0 Å². The van der Waals surface area contributed by atoms with E-state index in [1.807, 2.05) is 0 Å². The van der Waals surface area contributed by atoms with Gasteiger partial charge in [0.15, 0.2) is 0 Å². The molecular weight excluding hydrogens is 253 g/mol. The molecule has 1 amide bonds.